The van der Waals surface area contributed by atoms with Gasteiger partial charge in [-0.1, -0.05) is 12.1 Å². The van der Waals surface area contributed by atoms with Crippen LogP contribution < -0.4 is 4.72 Å². The number of nitrogens with zero attached hydrogens (tertiary/aromatic N) is 1. The molecule has 12 heavy (non-hydrogen) atoms. The summed E-state index contributed by atoms with van der Waals surface area (Å²) in [6.45, 7) is 1.80. The van der Waals surface area contributed by atoms with Crippen molar-refractivity contribution in [1.29, 1.82) is 0 Å². The largest absolute Gasteiger partial charge is 0.362 e. The Bertz CT molecular complexity index is 317. The summed E-state index contributed by atoms with van der Waals surface area (Å²) < 4.78 is 29.0. The van der Waals surface area contributed by atoms with Gasteiger partial charge in [0, 0.05) is 0 Å². The SMILES string of the molecule is CCCS(=O)(=O)Nc1cnoc1. The standard InChI is InChI=1S/C6H10N2O3S/c1-2-3-12(9,10)8-6-4-7-11-5-6/h4-5,8H,2-3H2,1H3. The van der Waals surface area contributed by atoms with E-state index in [-0.39, 0.29) is 5.75 Å². The quantitative estimate of drug-likeness (QED) is 0.763. The maximum atomic E-state index is 11.1. The van der Waals surface area contributed by atoms with Crippen molar-refractivity contribution < 1.29 is 12.9 Å². The van der Waals surface area contributed by atoms with E-state index in [0.717, 1.165) is 0 Å². The van der Waals surface area contributed by atoms with Crippen LogP contribution in [0.1, 0.15) is 13.3 Å². The molecule has 0 unspecified atom stereocenters. The topological polar surface area (TPSA) is 72.2 Å². The van der Waals surface area contributed by atoms with Gasteiger partial charge in [-0.05, 0) is 6.42 Å². The third-order valence-corrected chi connectivity index (χ3v) is 2.67. The maximum Gasteiger partial charge on any atom is 0.232 e. The molecule has 5 nitrogen and oxygen atoms in total. The van der Waals surface area contributed by atoms with Crippen molar-refractivity contribution in [2.24, 2.45) is 0 Å². The normalized spacial score (nSPS) is 11.4. The maximum absolute atomic E-state index is 11.1. The van der Waals surface area contributed by atoms with Crippen LogP contribution in [0.2, 0.25) is 0 Å². The molecule has 6 heteroatoms. The molecule has 68 valence electrons. The number of sulfonamides is 1. The molecule has 0 atom stereocenters. The Hall–Kier alpha value is -1.04. The fourth-order valence-electron chi connectivity index (χ4n) is 0.755. The average Bonchev–Trinajstić information content (AvgIpc) is 2.38. The zero-order valence-corrected chi connectivity index (χ0v) is 7.47. The summed E-state index contributed by atoms with van der Waals surface area (Å²) in [6, 6.07) is 0. The fraction of sp³-hybridized carbons (Fsp3) is 0.500. The summed E-state index contributed by atoms with van der Waals surface area (Å²) >= 11 is 0. The van der Waals surface area contributed by atoms with E-state index < -0.39 is 10.0 Å². The van der Waals surface area contributed by atoms with Crippen LogP contribution in [0.4, 0.5) is 5.69 Å². The van der Waals surface area contributed by atoms with Crippen molar-refractivity contribution in [2.45, 2.75) is 13.3 Å². The lowest BCUT2D eigenvalue weighted by Crippen LogP contribution is -2.15. The van der Waals surface area contributed by atoms with Gasteiger partial charge in [-0.3, -0.25) is 4.72 Å². The van der Waals surface area contributed by atoms with Crippen LogP contribution in [0.3, 0.4) is 0 Å². The monoisotopic (exact) mass is 190 g/mol. The van der Waals surface area contributed by atoms with Crippen LogP contribution in [0.25, 0.3) is 0 Å². The first-order valence-corrected chi connectivity index (χ1v) is 5.19. The van der Waals surface area contributed by atoms with Crippen molar-refractivity contribution >= 4 is 15.7 Å². The predicted octanol–water partition coefficient (Wildman–Crippen LogP) is 0.826. The van der Waals surface area contributed by atoms with E-state index >= 15 is 0 Å². The van der Waals surface area contributed by atoms with Crippen LogP contribution in [-0.4, -0.2) is 19.3 Å². The van der Waals surface area contributed by atoms with Gasteiger partial charge in [0.05, 0.1) is 11.9 Å². The summed E-state index contributed by atoms with van der Waals surface area (Å²) in [4.78, 5) is 0. The molecule has 0 aliphatic rings. The van der Waals surface area contributed by atoms with E-state index in [9.17, 15) is 8.42 Å². The van der Waals surface area contributed by atoms with Crippen molar-refractivity contribution in [3.05, 3.63) is 12.5 Å². The summed E-state index contributed by atoms with van der Waals surface area (Å²) in [5.74, 6) is 0.109. The van der Waals surface area contributed by atoms with E-state index in [1.807, 2.05) is 0 Å². The number of nitrogens with one attached hydrogen (secondary N) is 1. The van der Waals surface area contributed by atoms with Crippen LogP contribution >= 0.6 is 0 Å². The highest BCUT2D eigenvalue weighted by atomic mass is 32.2. The minimum absolute atomic E-state index is 0.109. The number of aromatic nitrogens is 1. The molecule has 0 amide bonds. The molecule has 0 aliphatic carbocycles. The van der Waals surface area contributed by atoms with Crippen LogP contribution in [0.15, 0.2) is 17.0 Å². The number of hydrogen-bond acceptors (Lipinski definition) is 4. The Morgan fingerprint density at radius 2 is 2.42 bits per heavy atom. The van der Waals surface area contributed by atoms with Gasteiger partial charge in [0.25, 0.3) is 0 Å². The lowest BCUT2D eigenvalue weighted by atomic mass is 10.6. The first-order chi connectivity index (χ1) is 5.64. The van der Waals surface area contributed by atoms with Gasteiger partial charge in [-0.25, -0.2) is 8.42 Å². The van der Waals surface area contributed by atoms with Crippen molar-refractivity contribution in [1.82, 2.24) is 5.16 Å². The first kappa shape index (κ1) is 9.05. The van der Waals surface area contributed by atoms with Crippen LogP contribution in [0.5, 0.6) is 0 Å². The molecule has 1 aromatic heterocycles. The van der Waals surface area contributed by atoms with E-state index in [2.05, 4.69) is 14.4 Å². The zero-order valence-electron chi connectivity index (χ0n) is 6.65. The summed E-state index contributed by atoms with van der Waals surface area (Å²) in [5, 5.41) is 3.36. The van der Waals surface area contributed by atoms with E-state index in [1.54, 1.807) is 6.92 Å². The fourth-order valence-corrected chi connectivity index (χ4v) is 1.85. The van der Waals surface area contributed by atoms with Crippen LogP contribution in [0, 0.1) is 0 Å². The first-order valence-electron chi connectivity index (χ1n) is 3.54. The molecular weight excluding hydrogens is 180 g/mol. The molecule has 0 aliphatic heterocycles. The van der Waals surface area contributed by atoms with E-state index in [1.165, 1.54) is 12.5 Å². The molecule has 0 saturated heterocycles. The molecule has 0 aromatic carbocycles. The Balaban J connectivity index is 2.63. The smallest absolute Gasteiger partial charge is 0.232 e. The van der Waals surface area contributed by atoms with E-state index in [0.29, 0.717) is 12.1 Å². The van der Waals surface area contributed by atoms with Crippen molar-refractivity contribution in [3.8, 4) is 0 Å². The highest BCUT2D eigenvalue weighted by Gasteiger charge is 2.08. The lowest BCUT2D eigenvalue weighted by molar-refractivity contribution is 0.420. The zero-order chi connectivity index (χ0) is 9.03. The van der Waals surface area contributed by atoms with Gasteiger partial charge in [-0.2, -0.15) is 0 Å². The van der Waals surface area contributed by atoms with Gasteiger partial charge >= 0.3 is 0 Å². The summed E-state index contributed by atoms with van der Waals surface area (Å²) in [5.41, 5.74) is 0.364. The van der Waals surface area contributed by atoms with Gasteiger partial charge in [-0.15, -0.1) is 0 Å². The molecule has 1 heterocycles. The Labute approximate surface area is 70.8 Å². The Morgan fingerprint density at radius 1 is 1.67 bits per heavy atom. The molecule has 1 rings (SSSR count). The predicted molar refractivity (Wildman–Crippen MR) is 44.2 cm³/mol. The van der Waals surface area contributed by atoms with Gasteiger partial charge < -0.3 is 4.52 Å². The van der Waals surface area contributed by atoms with E-state index in [4.69, 9.17) is 0 Å². The number of anilines is 1. The average molecular weight is 190 g/mol. The Kier molecular flexibility index (Phi) is 2.69. The summed E-state index contributed by atoms with van der Waals surface area (Å²) in [6.07, 6.45) is 3.14. The number of rotatable bonds is 4. The molecule has 1 N–H and O–H groups in total. The minimum Gasteiger partial charge on any atom is -0.362 e. The highest BCUT2D eigenvalue weighted by Crippen LogP contribution is 2.06. The molecule has 0 fully saturated rings. The van der Waals surface area contributed by atoms with Crippen molar-refractivity contribution in [3.63, 3.8) is 0 Å². The van der Waals surface area contributed by atoms with Gasteiger partial charge in [0.15, 0.2) is 0 Å². The molecule has 1 aromatic rings. The highest BCUT2D eigenvalue weighted by molar-refractivity contribution is 7.92. The molecule has 0 saturated carbocycles. The van der Waals surface area contributed by atoms with Gasteiger partial charge in [0.2, 0.25) is 10.0 Å². The van der Waals surface area contributed by atoms with Gasteiger partial charge in [0.1, 0.15) is 12.0 Å². The third-order valence-electron chi connectivity index (χ3n) is 1.18. The minimum atomic E-state index is -3.20. The third kappa shape index (κ3) is 2.54. The van der Waals surface area contributed by atoms with Crippen LogP contribution in [-0.2, 0) is 10.0 Å². The molecular formula is C6H10N2O3S. The number of hydrogen-bond donors (Lipinski definition) is 1. The molecule has 0 bridgehead atoms. The second-order valence-electron chi connectivity index (χ2n) is 2.33. The Morgan fingerprint density at radius 3 is 2.92 bits per heavy atom. The molecule has 0 spiro atoms. The lowest BCUT2D eigenvalue weighted by Gasteiger charge is -2.01. The molecule has 0 radical (unpaired) electrons. The summed E-state index contributed by atoms with van der Waals surface area (Å²) in [7, 11) is -3.20. The second-order valence-corrected chi connectivity index (χ2v) is 4.18. The van der Waals surface area contributed by atoms with Crippen molar-refractivity contribution in [2.75, 3.05) is 10.5 Å². The second kappa shape index (κ2) is 3.57.